The third-order valence-electron chi connectivity index (χ3n) is 4.04. The van der Waals surface area contributed by atoms with Crippen molar-refractivity contribution in [3.8, 4) is 0 Å². The molecule has 0 saturated heterocycles. The maximum Gasteiger partial charge on any atom is 0.308 e. The van der Waals surface area contributed by atoms with Gasteiger partial charge in [-0.2, -0.15) is 0 Å². The molecule has 0 aromatic heterocycles. The van der Waals surface area contributed by atoms with Crippen molar-refractivity contribution in [2.75, 3.05) is 119 Å². The number of ether oxygens (including phenoxy) is 10. The zero-order valence-electron chi connectivity index (χ0n) is 21.3. The van der Waals surface area contributed by atoms with Gasteiger partial charge in [-0.1, -0.05) is 0 Å². The Bertz CT molecular complexity index is 464. The minimum atomic E-state index is -0.288. The van der Waals surface area contributed by atoms with E-state index in [4.69, 9.17) is 42.6 Å². The molecular formula is C23H44O12. The van der Waals surface area contributed by atoms with Crippen molar-refractivity contribution in [3.05, 3.63) is 0 Å². The molecule has 0 aliphatic carbocycles. The highest BCUT2D eigenvalue weighted by atomic mass is 16.6. The molecule has 0 fully saturated rings. The van der Waals surface area contributed by atoms with Crippen molar-refractivity contribution < 1.29 is 57.0 Å². The van der Waals surface area contributed by atoms with Gasteiger partial charge < -0.3 is 47.4 Å². The SMILES string of the molecule is CCOC(=O)CCOCCOCCOCCOCCOCCOCCOCCOCCC(=O)OC. The first kappa shape index (κ1) is 33.6. The van der Waals surface area contributed by atoms with E-state index < -0.39 is 0 Å². The molecule has 0 bridgehead atoms. The summed E-state index contributed by atoms with van der Waals surface area (Å²) in [4.78, 5) is 22.0. The molecule has 0 atom stereocenters. The standard InChI is InChI=1S/C23H44O12/c1-3-35-23(25)5-7-28-9-11-30-13-15-32-17-19-34-21-20-33-18-16-31-14-12-29-10-8-27-6-4-22(24)26-2/h3-21H2,1-2H3. The Morgan fingerprint density at radius 3 is 0.943 bits per heavy atom. The average Bonchev–Trinajstić information content (AvgIpc) is 2.86. The molecule has 0 aliphatic heterocycles. The van der Waals surface area contributed by atoms with Crippen molar-refractivity contribution in [2.45, 2.75) is 19.8 Å². The lowest BCUT2D eigenvalue weighted by atomic mass is 10.5. The molecule has 0 amide bonds. The minimum Gasteiger partial charge on any atom is -0.469 e. The van der Waals surface area contributed by atoms with Gasteiger partial charge in [0.15, 0.2) is 0 Å². The summed E-state index contributed by atoms with van der Waals surface area (Å²) in [5, 5.41) is 0. The topological polar surface area (TPSA) is 126 Å². The van der Waals surface area contributed by atoms with Crippen LogP contribution in [0, 0.1) is 0 Å². The Labute approximate surface area is 208 Å². The Morgan fingerprint density at radius 1 is 0.429 bits per heavy atom. The molecule has 0 aromatic carbocycles. The molecule has 0 spiro atoms. The summed E-state index contributed by atoms with van der Waals surface area (Å²) in [6.45, 7) is 9.39. The largest absolute Gasteiger partial charge is 0.469 e. The first-order valence-corrected chi connectivity index (χ1v) is 12.0. The Kier molecular flexibility index (Phi) is 27.7. The highest BCUT2D eigenvalue weighted by Crippen LogP contribution is 1.90. The molecule has 0 heterocycles. The molecule has 12 nitrogen and oxygen atoms in total. The molecule has 0 aliphatic rings. The molecule has 0 unspecified atom stereocenters. The Balaban J connectivity index is 3.06. The van der Waals surface area contributed by atoms with Gasteiger partial charge in [0.05, 0.1) is 132 Å². The maximum absolute atomic E-state index is 11.1. The normalized spacial score (nSPS) is 11.0. The zero-order valence-corrected chi connectivity index (χ0v) is 21.3. The number of hydrogen-bond acceptors (Lipinski definition) is 12. The third kappa shape index (κ3) is 28.7. The number of carbonyl (C=O) groups is 2. The van der Waals surface area contributed by atoms with Crippen molar-refractivity contribution in [3.63, 3.8) is 0 Å². The Hall–Kier alpha value is -1.38. The van der Waals surface area contributed by atoms with Crippen LogP contribution in [-0.2, 0) is 57.0 Å². The summed E-state index contributed by atoms with van der Waals surface area (Å²) in [7, 11) is 1.35. The summed E-state index contributed by atoms with van der Waals surface area (Å²) in [6, 6.07) is 0. The first-order valence-electron chi connectivity index (χ1n) is 12.0. The van der Waals surface area contributed by atoms with Gasteiger partial charge in [0, 0.05) is 0 Å². The van der Waals surface area contributed by atoms with Crippen LogP contribution in [0.4, 0.5) is 0 Å². The summed E-state index contributed by atoms with van der Waals surface area (Å²) < 4.78 is 52.2. The number of rotatable bonds is 28. The first-order chi connectivity index (χ1) is 17.2. The van der Waals surface area contributed by atoms with E-state index in [0.717, 1.165) is 0 Å². The highest BCUT2D eigenvalue weighted by Gasteiger charge is 2.01. The van der Waals surface area contributed by atoms with E-state index >= 15 is 0 Å². The van der Waals surface area contributed by atoms with E-state index in [-0.39, 0.29) is 24.8 Å². The van der Waals surface area contributed by atoms with Crippen LogP contribution in [-0.4, -0.2) is 131 Å². The van der Waals surface area contributed by atoms with E-state index in [1.807, 2.05) is 0 Å². The van der Waals surface area contributed by atoms with Crippen LogP contribution in [0.2, 0.25) is 0 Å². The second-order valence-corrected chi connectivity index (χ2v) is 6.78. The van der Waals surface area contributed by atoms with Gasteiger partial charge in [0.1, 0.15) is 0 Å². The van der Waals surface area contributed by atoms with E-state index in [1.54, 1.807) is 6.92 Å². The number of esters is 2. The lowest BCUT2D eigenvalue weighted by molar-refractivity contribution is -0.144. The van der Waals surface area contributed by atoms with Crippen molar-refractivity contribution in [1.29, 1.82) is 0 Å². The highest BCUT2D eigenvalue weighted by molar-refractivity contribution is 5.69. The molecular weight excluding hydrogens is 468 g/mol. The van der Waals surface area contributed by atoms with E-state index in [0.29, 0.717) is 112 Å². The Morgan fingerprint density at radius 2 is 0.686 bits per heavy atom. The fourth-order valence-corrected chi connectivity index (χ4v) is 2.29. The minimum absolute atomic E-state index is 0.244. The van der Waals surface area contributed by atoms with Crippen LogP contribution in [0.1, 0.15) is 19.8 Å². The maximum atomic E-state index is 11.1. The lowest BCUT2D eigenvalue weighted by Gasteiger charge is -2.08. The van der Waals surface area contributed by atoms with Crippen molar-refractivity contribution >= 4 is 11.9 Å². The zero-order chi connectivity index (χ0) is 25.7. The van der Waals surface area contributed by atoms with E-state index in [2.05, 4.69) is 4.74 Å². The van der Waals surface area contributed by atoms with Crippen LogP contribution in [0.25, 0.3) is 0 Å². The van der Waals surface area contributed by atoms with Crippen molar-refractivity contribution in [2.24, 2.45) is 0 Å². The summed E-state index contributed by atoms with van der Waals surface area (Å²) in [5.41, 5.74) is 0. The molecule has 208 valence electrons. The van der Waals surface area contributed by atoms with Gasteiger partial charge in [0.25, 0.3) is 0 Å². The second-order valence-electron chi connectivity index (χ2n) is 6.78. The van der Waals surface area contributed by atoms with Gasteiger partial charge >= 0.3 is 11.9 Å². The van der Waals surface area contributed by atoms with Crippen LogP contribution in [0.3, 0.4) is 0 Å². The summed E-state index contributed by atoms with van der Waals surface area (Å²) >= 11 is 0. The molecule has 0 aromatic rings. The number of hydrogen-bond donors (Lipinski definition) is 0. The van der Waals surface area contributed by atoms with Crippen molar-refractivity contribution in [1.82, 2.24) is 0 Å². The quantitative estimate of drug-likeness (QED) is 0.108. The molecule has 0 rings (SSSR count). The second kappa shape index (κ2) is 28.9. The molecule has 35 heavy (non-hydrogen) atoms. The van der Waals surface area contributed by atoms with Crippen LogP contribution < -0.4 is 0 Å². The third-order valence-corrected chi connectivity index (χ3v) is 4.04. The van der Waals surface area contributed by atoms with Gasteiger partial charge in [-0.15, -0.1) is 0 Å². The van der Waals surface area contributed by atoms with Gasteiger partial charge in [-0.05, 0) is 6.92 Å². The van der Waals surface area contributed by atoms with Crippen LogP contribution in [0.15, 0.2) is 0 Å². The number of carbonyl (C=O) groups excluding carboxylic acids is 2. The molecule has 0 saturated carbocycles. The lowest BCUT2D eigenvalue weighted by Crippen LogP contribution is -2.15. The van der Waals surface area contributed by atoms with Gasteiger partial charge in [-0.3, -0.25) is 9.59 Å². The van der Waals surface area contributed by atoms with Crippen LogP contribution >= 0.6 is 0 Å². The van der Waals surface area contributed by atoms with E-state index in [1.165, 1.54) is 7.11 Å². The molecule has 0 radical (unpaired) electrons. The van der Waals surface area contributed by atoms with Gasteiger partial charge in [0.2, 0.25) is 0 Å². The monoisotopic (exact) mass is 512 g/mol. The van der Waals surface area contributed by atoms with E-state index in [9.17, 15) is 9.59 Å². The predicted molar refractivity (Wildman–Crippen MR) is 124 cm³/mol. The van der Waals surface area contributed by atoms with Gasteiger partial charge in [-0.25, -0.2) is 0 Å². The fourth-order valence-electron chi connectivity index (χ4n) is 2.29. The average molecular weight is 513 g/mol. The summed E-state index contributed by atoms with van der Waals surface area (Å²) in [5.74, 6) is -0.541. The molecule has 0 N–H and O–H groups in total. The molecule has 12 heteroatoms. The summed E-state index contributed by atoms with van der Waals surface area (Å²) in [6.07, 6.45) is 0.499. The predicted octanol–water partition coefficient (Wildman–Crippen LogP) is 0.636. The fraction of sp³-hybridized carbons (Fsp3) is 0.913. The van der Waals surface area contributed by atoms with Crippen LogP contribution in [0.5, 0.6) is 0 Å². The number of methoxy groups -OCH3 is 1. The smallest absolute Gasteiger partial charge is 0.308 e.